The number of hydrogen-bond acceptors (Lipinski definition) is 13. The third-order valence-electron chi connectivity index (χ3n) is 9.84. The standard InChI is InChI=1S/C40H44N6O10S3/c1-25-20-34(37(47)21-26(25)2)44-58(50)56-38-23-29(10-11-36(38)46-14-18-54-19-15-46)43-57(49)55-30-7-4-6-28(22-30)41-42-35-24-32(27-12-16-53-17-13-27)40(48)31-8-5-9-33(39(31)35)45-59(3,51)52/h4-11,20-24,27,43-45,47-48H,12-19H2,1-3H3. The normalized spacial score (nSPS) is 16.2. The number of benzene rings is 5. The van der Waals surface area contributed by atoms with E-state index in [-0.39, 0.29) is 40.3 Å². The van der Waals surface area contributed by atoms with Gasteiger partial charge >= 0.3 is 22.5 Å². The molecule has 0 aromatic heterocycles. The maximum absolute atomic E-state index is 13.3. The summed E-state index contributed by atoms with van der Waals surface area (Å²) in [6.07, 6.45) is 2.44. The van der Waals surface area contributed by atoms with Gasteiger partial charge in [-0.2, -0.15) is 13.5 Å². The fourth-order valence-corrected chi connectivity index (χ4v) is 8.74. The fourth-order valence-electron chi connectivity index (χ4n) is 6.85. The van der Waals surface area contributed by atoms with Crippen molar-refractivity contribution in [3.8, 4) is 23.0 Å². The molecular weight excluding hydrogens is 821 g/mol. The Morgan fingerprint density at radius 1 is 0.797 bits per heavy atom. The van der Waals surface area contributed by atoms with Gasteiger partial charge in [-0.1, -0.05) is 18.2 Å². The van der Waals surface area contributed by atoms with Gasteiger partial charge in [-0.05, 0) is 92.3 Å². The second-order valence-electron chi connectivity index (χ2n) is 14.1. The number of nitrogens with one attached hydrogen (secondary N) is 3. The average molecular weight is 865 g/mol. The van der Waals surface area contributed by atoms with Crippen molar-refractivity contribution in [2.24, 2.45) is 10.2 Å². The summed E-state index contributed by atoms with van der Waals surface area (Å²) < 4.78 is 81.7. The van der Waals surface area contributed by atoms with Gasteiger partial charge in [-0.25, -0.2) is 8.42 Å². The zero-order valence-corrected chi connectivity index (χ0v) is 34.9. The summed E-state index contributed by atoms with van der Waals surface area (Å²) in [5.74, 6) is 0.399. The lowest BCUT2D eigenvalue weighted by Gasteiger charge is -2.30. The molecule has 5 N–H and O–H groups in total. The van der Waals surface area contributed by atoms with Crippen LogP contribution in [0.15, 0.2) is 89.1 Å². The van der Waals surface area contributed by atoms with Gasteiger partial charge in [0.1, 0.15) is 17.2 Å². The third-order valence-corrected chi connectivity index (χ3v) is 11.9. The van der Waals surface area contributed by atoms with Gasteiger partial charge in [0.2, 0.25) is 10.0 Å². The second kappa shape index (κ2) is 18.2. The van der Waals surface area contributed by atoms with Crippen LogP contribution in [0.3, 0.4) is 0 Å². The predicted octanol–water partition coefficient (Wildman–Crippen LogP) is 7.52. The number of rotatable bonds is 14. The minimum Gasteiger partial charge on any atom is -0.507 e. The lowest BCUT2D eigenvalue weighted by Crippen LogP contribution is -2.36. The summed E-state index contributed by atoms with van der Waals surface area (Å²) in [6.45, 7) is 6.97. The first-order valence-electron chi connectivity index (χ1n) is 18.7. The number of hydrogen-bond donors (Lipinski definition) is 5. The topological polar surface area (TPSA) is 210 Å². The van der Waals surface area contributed by atoms with Crippen LogP contribution in [-0.2, 0) is 42.0 Å². The maximum atomic E-state index is 13.3. The number of anilines is 4. The first-order chi connectivity index (χ1) is 28.3. The zero-order valence-electron chi connectivity index (χ0n) is 32.5. The third kappa shape index (κ3) is 10.4. The van der Waals surface area contributed by atoms with Crippen molar-refractivity contribution in [3.05, 3.63) is 95.6 Å². The molecule has 59 heavy (non-hydrogen) atoms. The number of phenols is 2. The van der Waals surface area contributed by atoms with Gasteiger partial charge in [-0.3, -0.25) is 14.2 Å². The van der Waals surface area contributed by atoms with Crippen molar-refractivity contribution in [3.63, 3.8) is 0 Å². The van der Waals surface area contributed by atoms with Gasteiger partial charge < -0.3 is 33.0 Å². The van der Waals surface area contributed by atoms with Crippen molar-refractivity contribution < 1.29 is 44.9 Å². The Hall–Kier alpha value is -5.47. The second-order valence-corrected chi connectivity index (χ2v) is 17.5. The molecule has 2 fully saturated rings. The number of nitrogens with zero attached hydrogens (tertiary/aromatic N) is 3. The van der Waals surface area contributed by atoms with E-state index in [1.165, 1.54) is 6.07 Å². The molecule has 2 heterocycles. The van der Waals surface area contributed by atoms with Crippen LogP contribution in [0.2, 0.25) is 0 Å². The Bertz CT molecular complexity index is 2540. The van der Waals surface area contributed by atoms with E-state index in [2.05, 4.69) is 24.4 Å². The minimum atomic E-state index is -3.68. The minimum absolute atomic E-state index is 0.00216. The lowest BCUT2D eigenvalue weighted by molar-refractivity contribution is 0.0849. The van der Waals surface area contributed by atoms with Crippen LogP contribution < -0.4 is 27.4 Å². The first kappa shape index (κ1) is 41.7. The molecule has 5 aromatic carbocycles. The van der Waals surface area contributed by atoms with Crippen LogP contribution >= 0.6 is 0 Å². The highest BCUT2D eigenvalue weighted by molar-refractivity contribution is 7.92. The molecule has 2 aliphatic rings. The van der Waals surface area contributed by atoms with E-state index in [9.17, 15) is 27.0 Å². The van der Waals surface area contributed by atoms with Crippen LogP contribution in [-0.4, -0.2) is 72.8 Å². The zero-order chi connectivity index (χ0) is 41.7. The van der Waals surface area contributed by atoms with E-state index in [4.69, 9.17) is 17.8 Å². The molecule has 2 atom stereocenters. The lowest BCUT2D eigenvalue weighted by atomic mass is 9.88. The maximum Gasteiger partial charge on any atom is 0.316 e. The molecule has 2 unspecified atom stereocenters. The molecule has 19 heteroatoms. The molecule has 2 saturated heterocycles. The number of aromatic hydroxyl groups is 2. The van der Waals surface area contributed by atoms with Crippen LogP contribution in [0.5, 0.6) is 23.0 Å². The van der Waals surface area contributed by atoms with Crippen molar-refractivity contribution >= 4 is 77.5 Å². The number of morpholine rings is 1. The summed E-state index contributed by atoms with van der Waals surface area (Å²) in [5, 5.41) is 31.6. The first-order valence-corrected chi connectivity index (χ1v) is 22.7. The molecule has 0 saturated carbocycles. The molecule has 0 radical (unpaired) electrons. The molecule has 0 spiro atoms. The Balaban J connectivity index is 1.11. The fraction of sp³-hybridized carbons (Fsp3) is 0.300. The van der Waals surface area contributed by atoms with Crippen LogP contribution in [0.25, 0.3) is 10.8 Å². The van der Waals surface area contributed by atoms with Crippen LogP contribution in [0.4, 0.5) is 34.1 Å². The number of fused-ring (bicyclic) bond motifs is 1. The molecule has 312 valence electrons. The van der Waals surface area contributed by atoms with Gasteiger partial charge in [0, 0.05) is 54.8 Å². The van der Waals surface area contributed by atoms with Gasteiger partial charge in [0.25, 0.3) is 0 Å². The Morgan fingerprint density at radius 3 is 2.27 bits per heavy atom. The van der Waals surface area contributed by atoms with Crippen molar-refractivity contribution in [1.29, 1.82) is 0 Å². The molecule has 0 bridgehead atoms. The van der Waals surface area contributed by atoms with E-state index >= 15 is 0 Å². The van der Waals surface area contributed by atoms with Crippen LogP contribution in [0.1, 0.15) is 35.4 Å². The quantitative estimate of drug-likeness (QED) is 0.0544. The monoisotopic (exact) mass is 864 g/mol. The van der Waals surface area contributed by atoms with E-state index in [0.29, 0.717) is 91.4 Å². The Kier molecular flexibility index (Phi) is 12.9. The Morgan fingerprint density at radius 2 is 1.51 bits per heavy atom. The summed E-state index contributed by atoms with van der Waals surface area (Å²) in [7, 11) is -3.68. The average Bonchev–Trinajstić information content (AvgIpc) is 3.20. The van der Waals surface area contributed by atoms with Crippen LogP contribution in [0, 0.1) is 13.8 Å². The van der Waals surface area contributed by atoms with Crippen molar-refractivity contribution in [2.75, 3.05) is 64.8 Å². The molecule has 0 amide bonds. The van der Waals surface area contributed by atoms with Gasteiger partial charge in [0.05, 0.1) is 53.6 Å². The SMILES string of the molecule is Cc1cc(O)c(NS(=O)Oc2cc(NS(=O)Oc3cccc(N=Nc4cc(C5CCOCC5)c(O)c5cccc(NS(C)(=O)=O)c45)c3)ccc2N2CCOCC2)cc1C. The molecular formula is C40H44N6O10S3. The molecule has 5 aromatic rings. The summed E-state index contributed by atoms with van der Waals surface area (Å²) >= 11 is -4.24. The number of azo groups is 1. The number of ether oxygens (including phenoxy) is 2. The van der Waals surface area contributed by atoms with Crippen molar-refractivity contribution in [1.82, 2.24) is 0 Å². The number of aryl methyl sites for hydroxylation is 2. The number of phenolic OH excluding ortho intramolecular Hbond substituents is 2. The van der Waals surface area contributed by atoms with E-state index < -0.39 is 32.6 Å². The number of sulfonamides is 1. The van der Waals surface area contributed by atoms with Gasteiger partial charge in [-0.15, -0.1) is 5.11 Å². The Labute approximate surface area is 347 Å². The highest BCUT2D eigenvalue weighted by Gasteiger charge is 2.24. The van der Waals surface area contributed by atoms with E-state index in [0.717, 1.165) is 17.4 Å². The van der Waals surface area contributed by atoms with Crippen molar-refractivity contribution in [2.45, 2.75) is 32.6 Å². The van der Waals surface area contributed by atoms with Gasteiger partial charge in [0.15, 0.2) is 5.75 Å². The molecule has 2 aliphatic heterocycles. The predicted molar refractivity (Wildman–Crippen MR) is 229 cm³/mol. The van der Waals surface area contributed by atoms with E-state index in [1.54, 1.807) is 72.8 Å². The summed E-state index contributed by atoms with van der Waals surface area (Å²) in [6, 6.07) is 21.4. The highest BCUT2D eigenvalue weighted by atomic mass is 32.2. The molecule has 7 rings (SSSR count). The summed E-state index contributed by atoms with van der Waals surface area (Å²) in [5.41, 5.74) is 4.58. The largest absolute Gasteiger partial charge is 0.507 e. The molecule has 0 aliphatic carbocycles. The summed E-state index contributed by atoms with van der Waals surface area (Å²) in [4.78, 5) is 2.02. The highest BCUT2D eigenvalue weighted by Crippen LogP contribution is 2.45. The molecule has 16 nitrogen and oxygen atoms in total. The van der Waals surface area contributed by atoms with E-state index in [1.807, 2.05) is 18.7 Å². The smallest absolute Gasteiger partial charge is 0.316 e.